The fourth-order valence-corrected chi connectivity index (χ4v) is 3.80. The fourth-order valence-electron chi connectivity index (χ4n) is 2.29. The molecule has 6 heteroatoms. The zero-order valence-electron chi connectivity index (χ0n) is 12.8. The zero-order valence-corrected chi connectivity index (χ0v) is 14.4. The van der Waals surface area contributed by atoms with Crippen molar-refractivity contribution in [3.05, 3.63) is 23.2 Å². The molecule has 1 aromatic heterocycles. The van der Waals surface area contributed by atoms with E-state index >= 15 is 0 Å². The molecule has 1 fully saturated rings. The molecule has 3 rings (SSSR count). The maximum Gasteiger partial charge on any atom is 0.507 e. The van der Waals surface area contributed by atoms with Crippen molar-refractivity contribution in [2.75, 3.05) is 7.11 Å². The van der Waals surface area contributed by atoms with Crippen LogP contribution in [0.1, 0.15) is 27.7 Å². The van der Waals surface area contributed by atoms with Crippen LogP contribution in [0.25, 0.3) is 10.1 Å². The van der Waals surface area contributed by atoms with E-state index in [1.54, 1.807) is 18.4 Å². The molecule has 3 nitrogen and oxygen atoms in total. The highest BCUT2D eigenvalue weighted by molar-refractivity contribution is 7.29. The molecule has 0 spiro atoms. The Balaban J connectivity index is 2.04. The summed E-state index contributed by atoms with van der Waals surface area (Å²) in [7, 11) is 1.23. The largest absolute Gasteiger partial charge is 0.507 e. The van der Waals surface area contributed by atoms with Gasteiger partial charge in [-0.2, -0.15) is 0 Å². The highest BCUT2D eigenvalue weighted by Gasteiger charge is 2.52. The summed E-state index contributed by atoms with van der Waals surface area (Å²) in [4.78, 5) is 0. The Morgan fingerprint density at radius 2 is 1.76 bits per heavy atom. The molecule has 0 aliphatic carbocycles. The average molecular weight is 325 g/mol. The van der Waals surface area contributed by atoms with Crippen LogP contribution < -0.4 is 9.51 Å². The van der Waals surface area contributed by atoms with Crippen LogP contribution in [0.2, 0.25) is 5.02 Å². The van der Waals surface area contributed by atoms with Crippen molar-refractivity contribution in [2.24, 2.45) is 0 Å². The normalized spacial score (nSPS) is 20.2. The van der Waals surface area contributed by atoms with Crippen molar-refractivity contribution in [3.63, 3.8) is 0 Å². The summed E-state index contributed by atoms with van der Waals surface area (Å²) < 4.78 is 19.4. The Labute approximate surface area is 134 Å². The number of ether oxygens (including phenoxy) is 1. The van der Waals surface area contributed by atoms with Gasteiger partial charge in [-0.3, -0.25) is 0 Å². The molecule has 2 aromatic rings. The van der Waals surface area contributed by atoms with E-state index in [-0.39, 0.29) is 11.2 Å². The molecule has 1 aliphatic rings. The summed E-state index contributed by atoms with van der Waals surface area (Å²) in [6.07, 6.45) is 0. The fraction of sp³-hybridized carbons (Fsp3) is 0.467. The first kappa shape index (κ1) is 15.2. The molecule has 0 N–H and O–H groups in total. The summed E-state index contributed by atoms with van der Waals surface area (Å²) in [5, 5.41) is 1.71. The van der Waals surface area contributed by atoms with Crippen molar-refractivity contribution >= 4 is 44.9 Å². The first-order chi connectivity index (χ1) is 9.75. The Bertz CT molecular complexity index is 680. The number of benzene rings is 1. The van der Waals surface area contributed by atoms with Gasteiger partial charge in [0.05, 0.1) is 28.1 Å². The number of hydrogen-bond acceptors (Lipinski definition) is 4. The smallest absolute Gasteiger partial charge is 0.497 e. The highest BCUT2D eigenvalue weighted by Crippen LogP contribution is 2.39. The predicted octanol–water partition coefficient (Wildman–Crippen LogP) is 3.86. The third kappa shape index (κ3) is 2.36. The Kier molecular flexibility index (Phi) is 3.52. The molecule has 1 saturated heterocycles. The van der Waals surface area contributed by atoms with Crippen molar-refractivity contribution < 1.29 is 14.0 Å². The van der Waals surface area contributed by atoms with E-state index < -0.39 is 7.12 Å². The summed E-state index contributed by atoms with van der Waals surface area (Å²) >= 11 is 8.12. The van der Waals surface area contributed by atoms with Crippen LogP contribution in [-0.4, -0.2) is 25.4 Å². The zero-order chi connectivity index (χ0) is 15.4. The first-order valence-corrected chi connectivity index (χ1v) is 8.06. The van der Waals surface area contributed by atoms with Gasteiger partial charge < -0.3 is 14.0 Å². The SMILES string of the molecule is COc1ccc2c(Cl)c(B3OC(C)(C)C(C)(C)O3)sc2c1. The Morgan fingerprint density at radius 3 is 2.33 bits per heavy atom. The van der Waals surface area contributed by atoms with E-state index in [2.05, 4.69) is 0 Å². The number of methoxy groups -OCH3 is 1. The van der Waals surface area contributed by atoms with E-state index in [1.165, 1.54) is 0 Å². The standard InChI is InChI=1S/C15H18BClO3S/c1-14(2)15(3,4)20-16(19-14)13-12(17)10-7-6-9(18-5)8-11(10)21-13/h6-8H,1-5H3. The minimum absolute atomic E-state index is 0.366. The maximum absolute atomic E-state index is 6.53. The molecule has 112 valence electrons. The topological polar surface area (TPSA) is 27.7 Å². The molecule has 2 heterocycles. The quantitative estimate of drug-likeness (QED) is 0.785. The predicted molar refractivity (Wildman–Crippen MR) is 89.1 cm³/mol. The van der Waals surface area contributed by atoms with Gasteiger partial charge in [-0.05, 0) is 45.9 Å². The lowest BCUT2D eigenvalue weighted by Crippen LogP contribution is -2.41. The van der Waals surface area contributed by atoms with Crippen molar-refractivity contribution in [1.82, 2.24) is 0 Å². The van der Waals surface area contributed by atoms with Crippen molar-refractivity contribution in [3.8, 4) is 5.75 Å². The molecular formula is C15H18BClO3S. The van der Waals surface area contributed by atoms with Gasteiger partial charge in [0.2, 0.25) is 0 Å². The van der Waals surface area contributed by atoms with Crippen molar-refractivity contribution in [2.45, 2.75) is 38.9 Å². The van der Waals surface area contributed by atoms with E-state index in [4.69, 9.17) is 25.6 Å². The summed E-state index contributed by atoms with van der Waals surface area (Å²) in [6.45, 7) is 8.16. The highest BCUT2D eigenvalue weighted by atomic mass is 35.5. The summed E-state index contributed by atoms with van der Waals surface area (Å²) in [6, 6.07) is 5.87. The van der Waals surface area contributed by atoms with Crippen LogP contribution in [-0.2, 0) is 9.31 Å². The van der Waals surface area contributed by atoms with Crippen LogP contribution in [0.3, 0.4) is 0 Å². The first-order valence-electron chi connectivity index (χ1n) is 6.87. The van der Waals surface area contributed by atoms with Crippen LogP contribution in [0.4, 0.5) is 0 Å². The van der Waals surface area contributed by atoms with Gasteiger partial charge in [0, 0.05) is 10.1 Å². The summed E-state index contributed by atoms with van der Waals surface area (Å²) in [5.74, 6) is 0.820. The monoisotopic (exact) mass is 324 g/mol. The van der Waals surface area contributed by atoms with E-state index in [1.807, 2.05) is 45.9 Å². The lowest BCUT2D eigenvalue weighted by atomic mass is 9.87. The second kappa shape index (κ2) is 4.88. The number of hydrogen-bond donors (Lipinski definition) is 0. The lowest BCUT2D eigenvalue weighted by molar-refractivity contribution is 0.00578. The van der Waals surface area contributed by atoms with Crippen LogP contribution in [0.15, 0.2) is 18.2 Å². The number of rotatable bonds is 2. The average Bonchev–Trinajstić information content (AvgIpc) is 2.84. The molecule has 0 bridgehead atoms. The Morgan fingerprint density at radius 1 is 1.14 bits per heavy atom. The molecular weight excluding hydrogens is 306 g/mol. The molecule has 21 heavy (non-hydrogen) atoms. The minimum atomic E-state index is -0.425. The molecule has 1 aliphatic heterocycles. The van der Waals surface area contributed by atoms with Gasteiger partial charge in [-0.1, -0.05) is 11.6 Å². The third-order valence-electron chi connectivity index (χ3n) is 4.33. The molecule has 0 unspecified atom stereocenters. The van der Waals surface area contributed by atoms with Crippen LogP contribution >= 0.6 is 22.9 Å². The third-order valence-corrected chi connectivity index (χ3v) is 6.02. The number of halogens is 1. The van der Waals surface area contributed by atoms with Gasteiger partial charge >= 0.3 is 7.12 Å². The van der Waals surface area contributed by atoms with E-state index in [0.717, 1.165) is 20.6 Å². The number of fused-ring (bicyclic) bond motifs is 1. The van der Waals surface area contributed by atoms with Crippen LogP contribution in [0, 0.1) is 0 Å². The molecule has 0 radical (unpaired) electrons. The number of thiophene rings is 1. The molecule has 0 saturated carbocycles. The summed E-state index contributed by atoms with van der Waals surface area (Å²) in [5.41, 5.74) is -0.732. The van der Waals surface area contributed by atoms with Gasteiger partial charge in [0.15, 0.2) is 0 Å². The second-order valence-corrected chi connectivity index (χ2v) is 7.69. The lowest BCUT2D eigenvalue weighted by Gasteiger charge is -2.32. The Hall–Kier alpha value is -0.745. The maximum atomic E-state index is 6.53. The van der Waals surface area contributed by atoms with Crippen molar-refractivity contribution in [1.29, 1.82) is 0 Å². The van der Waals surface area contributed by atoms with Gasteiger partial charge in [0.25, 0.3) is 0 Å². The van der Waals surface area contributed by atoms with Crippen LogP contribution in [0.5, 0.6) is 5.75 Å². The molecule has 0 atom stereocenters. The van der Waals surface area contributed by atoms with Gasteiger partial charge in [-0.15, -0.1) is 11.3 Å². The second-order valence-electron chi connectivity index (χ2n) is 6.23. The van der Waals surface area contributed by atoms with E-state index in [0.29, 0.717) is 5.02 Å². The molecule has 1 aromatic carbocycles. The molecule has 0 amide bonds. The van der Waals surface area contributed by atoms with E-state index in [9.17, 15) is 0 Å². The minimum Gasteiger partial charge on any atom is -0.497 e. The van der Waals surface area contributed by atoms with Gasteiger partial charge in [-0.25, -0.2) is 0 Å². The van der Waals surface area contributed by atoms with Gasteiger partial charge in [0.1, 0.15) is 5.75 Å².